The Balaban J connectivity index is 1.85. The van der Waals surface area contributed by atoms with Crippen molar-refractivity contribution in [2.45, 2.75) is 33.1 Å². The minimum atomic E-state index is -0.225. The number of aldehydes is 1. The van der Waals surface area contributed by atoms with Gasteiger partial charge in [0, 0.05) is 41.6 Å². The van der Waals surface area contributed by atoms with Crippen molar-refractivity contribution in [1.82, 2.24) is 0 Å². The Bertz CT molecular complexity index is 1130. The number of hydrogen-bond acceptors (Lipinski definition) is 4. The Morgan fingerprint density at radius 3 is 2.50 bits per heavy atom. The summed E-state index contributed by atoms with van der Waals surface area (Å²) in [5.74, 6) is 0.565. The Kier molecular flexibility index (Phi) is 9.06. The Labute approximate surface area is 207 Å². The maximum Gasteiger partial charge on any atom is 0.127 e. The summed E-state index contributed by atoms with van der Waals surface area (Å²) in [6, 6.07) is 15.7. The predicted molar refractivity (Wildman–Crippen MR) is 143 cm³/mol. The highest BCUT2D eigenvalue weighted by Gasteiger charge is 2.21. The number of halogens is 1. The van der Waals surface area contributed by atoms with Crippen LogP contribution in [0.15, 0.2) is 101 Å². The van der Waals surface area contributed by atoms with E-state index in [1.54, 1.807) is 7.11 Å². The van der Waals surface area contributed by atoms with Crippen LogP contribution in [0.3, 0.4) is 0 Å². The van der Waals surface area contributed by atoms with Crippen molar-refractivity contribution in [2.75, 3.05) is 12.1 Å². The highest BCUT2D eigenvalue weighted by atomic mass is 35.5. The minimum Gasteiger partial charge on any atom is -0.497 e. The van der Waals surface area contributed by atoms with E-state index in [1.807, 2.05) is 85.6 Å². The van der Waals surface area contributed by atoms with Crippen LogP contribution in [-0.4, -0.2) is 19.1 Å². The molecule has 2 aromatic carbocycles. The smallest absolute Gasteiger partial charge is 0.127 e. The van der Waals surface area contributed by atoms with Gasteiger partial charge in [-0.25, -0.2) is 5.01 Å². The van der Waals surface area contributed by atoms with Crippen molar-refractivity contribution in [3.05, 3.63) is 107 Å². The van der Waals surface area contributed by atoms with Crippen LogP contribution in [0, 0.1) is 5.92 Å². The highest BCUT2D eigenvalue weighted by molar-refractivity contribution is 6.30. The lowest BCUT2D eigenvalue weighted by Crippen LogP contribution is -2.25. The van der Waals surface area contributed by atoms with Crippen molar-refractivity contribution < 1.29 is 9.53 Å². The largest absolute Gasteiger partial charge is 0.497 e. The topological polar surface area (TPSA) is 41.9 Å². The molecule has 0 saturated carbocycles. The molecule has 0 spiro atoms. The van der Waals surface area contributed by atoms with E-state index in [-0.39, 0.29) is 5.92 Å². The zero-order valence-corrected chi connectivity index (χ0v) is 20.8. The second-order valence-electron chi connectivity index (χ2n) is 8.44. The van der Waals surface area contributed by atoms with Crippen LogP contribution in [0.4, 0.5) is 5.69 Å². The van der Waals surface area contributed by atoms with Crippen LogP contribution >= 0.6 is 11.6 Å². The SMILES string of the molecule is C=C(C)/C=C\C=C(/C)C(C=O)CC1=NN(c2ccc(OC)cc2)C(Cc2ccc(Cl)cc2)=CC1. The van der Waals surface area contributed by atoms with Crippen molar-refractivity contribution in [2.24, 2.45) is 11.0 Å². The molecule has 5 heteroatoms. The summed E-state index contributed by atoms with van der Waals surface area (Å²) in [5.41, 5.74) is 6.11. The number of carbonyl (C=O) groups excluding carboxylic acids is 1. The van der Waals surface area contributed by atoms with Crippen LogP contribution in [0.1, 0.15) is 32.3 Å². The van der Waals surface area contributed by atoms with Crippen molar-refractivity contribution >= 4 is 29.3 Å². The minimum absolute atomic E-state index is 0.225. The van der Waals surface area contributed by atoms with Gasteiger partial charge in [-0.15, -0.1) is 0 Å². The number of rotatable bonds is 10. The molecule has 0 saturated heterocycles. The van der Waals surface area contributed by atoms with Gasteiger partial charge in [0.25, 0.3) is 0 Å². The number of carbonyl (C=O) groups is 1. The highest BCUT2D eigenvalue weighted by Crippen LogP contribution is 2.29. The van der Waals surface area contributed by atoms with E-state index in [0.29, 0.717) is 12.8 Å². The van der Waals surface area contributed by atoms with E-state index in [4.69, 9.17) is 21.4 Å². The summed E-state index contributed by atoms with van der Waals surface area (Å²) in [7, 11) is 1.65. The fourth-order valence-corrected chi connectivity index (χ4v) is 3.78. The van der Waals surface area contributed by atoms with Gasteiger partial charge >= 0.3 is 0 Å². The first-order chi connectivity index (χ1) is 16.4. The number of ether oxygens (including phenoxy) is 1. The van der Waals surface area contributed by atoms with Crippen molar-refractivity contribution in [3.63, 3.8) is 0 Å². The van der Waals surface area contributed by atoms with E-state index in [1.165, 1.54) is 0 Å². The number of nitrogens with zero attached hydrogens (tertiary/aromatic N) is 2. The first-order valence-corrected chi connectivity index (χ1v) is 11.7. The Morgan fingerprint density at radius 1 is 1.18 bits per heavy atom. The summed E-state index contributed by atoms with van der Waals surface area (Å²) >= 11 is 6.06. The summed E-state index contributed by atoms with van der Waals surface area (Å²) in [5, 5.41) is 7.66. The van der Waals surface area contributed by atoms with Gasteiger partial charge in [-0.05, 0) is 55.8 Å². The molecule has 1 unspecified atom stereocenters. The molecule has 1 heterocycles. The molecule has 0 radical (unpaired) electrons. The molecule has 1 aliphatic rings. The third-order valence-corrected chi connectivity index (χ3v) is 5.90. The summed E-state index contributed by atoms with van der Waals surface area (Å²) in [6.07, 6.45) is 11.0. The van der Waals surface area contributed by atoms with Crippen molar-refractivity contribution in [3.8, 4) is 5.75 Å². The lowest BCUT2D eigenvalue weighted by molar-refractivity contribution is -0.110. The number of anilines is 1. The van der Waals surface area contributed by atoms with Crippen LogP contribution in [0.25, 0.3) is 0 Å². The van der Waals surface area contributed by atoms with E-state index in [2.05, 4.69) is 12.7 Å². The normalized spacial score (nSPS) is 15.1. The lowest BCUT2D eigenvalue weighted by atomic mass is 9.93. The van der Waals surface area contributed by atoms with E-state index in [9.17, 15) is 4.79 Å². The van der Waals surface area contributed by atoms with Gasteiger partial charge in [0.15, 0.2) is 0 Å². The van der Waals surface area contributed by atoms with Crippen LogP contribution < -0.4 is 9.75 Å². The molecule has 0 N–H and O–H groups in total. The van der Waals surface area contributed by atoms with Gasteiger partial charge in [0.2, 0.25) is 0 Å². The molecule has 2 aromatic rings. The zero-order chi connectivity index (χ0) is 24.5. The van der Waals surface area contributed by atoms with Gasteiger partial charge in [-0.2, -0.15) is 5.10 Å². The molecule has 176 valence electrons. The van der Waals surface area contributed by atoms with Gasteiger partial charge in [-0.1, -0.05) is 65.8 Å². The molecule has 0 amide bonds. The fourth-order valence-electron chi connectivity index (χ4n) is 3.66. The molecular weight excluding hydrogens is 444 g/mol. The van der Waals surface area contributed by atoms with E-state index in [0.717, 1.165) is 57.3 Å². The predicted octanol–water partition coefficient (Wildman–Crippen LogP) is 7.33. The molecule has 34 heavy (non-hydrogen) atoms. The second kappa shape index (κ2) is 12.2. The monoisotopic (exact) mass is 474 g/mol. The summed E-state index contributed by atoms with van der Waals surface area (Å²) < 4.78 is 5.31. The van der Waals surface area contributed by atoms with Crippen LogP contribution in [-0.2, 0) is 11.2 Å². The molecule has 0 aliphatic carbocycles. The van der Waals surface area contributed by atoms with E-state index < -0.39 is 0 Å². The average Bonchev–Trinajstić information content (AvgIpc) is 2.84. The quantitative estimate of drug-likeness (QED) is 0.267. The molecule has 3 rings (SSSR count). The second-order valence-corrected chi connectivity index (χ2v) is 8.88. The number of hydrogen-bond donors (Lipinski definition) is 0. The van der Waals surface area contributed by atoms with Gasteiger partial charge in [-0.3, -0.25) is 0 Å². The molecule has 0 aromatic heterocycles. The molecule has 0 bridgehead atoms. The first-order valence-electron chi connectivity index (χ1n) is 11.3. The number of methoxy groups -OCH3 is 1. The third kappa shape index (κ3) is 7.06. The number of hydrazone groups is 1. The lowest BCUT2D eigenvalue weighted by Gasteiger charge is -2.28. The Morgan fingerprint density at radius 2 is 1.88 bits per heavy atom. The maximum absolute atomic E-state index is 11.9. The van der Waals surface area contributed by atoms with Crippen LogP contribution in [0.2, 0.25) is 5.02 Å². The van der Waals surface area contributed by atoms with Gasteiger partial charge in [0.05, 0.1) is 12.8 Å². The molecular formula is C29H31ClN2O2. The van der Waals surface area contributed by atoms with Gasteiger partial charge < -0.3 is 9.53 Å². The molecule has 0 fully saturated rings. The van der Waals surface area contributed by atoms with Crippen molar-refractivity contribution in [1.29, 1.82) is 0 Å². The maximum atomic E-state index is 11.9. The summed E-state index contributed by atoms with van der Waals surface area (Å²) in [4.78, 5) is 11.9. The Hall–Kier alpha value is -3.37. The summed E-state index contributed by atoms with van der Waals surface area (Å²) in [6.45, 7) is 7.79. The molecule has 4 nitrogen and oxygen atoms in total. The van der Waals surface area contributed by atoms with Crippen LogP contribution in [0.5, 0.6) is 5.75 Å². The molecule has 1 atom stereocenters. The van der Waals surface area contributed by atoms with E-state index >= 15 is 0 Å². The first kappa shape index (κ1) is 25.3. The third-order valence-electron chi connectivity index (χ3n) is 5.65. The molecule has 1 aliphatic heterocycles. The standard InChI is InChI=1S/C29H31ClN2O2/c1-21(2)6-5-7-22(3)24(20-33)19-26-12-13-28(18-23-8-10-25(30)11-9-23)32(31-26)27-14-16-29(34-4)17-15-27/h5-11,13-17,20,24H,1,12,18-19H2,2-4H3/b6-5-,22-7+. The fraction of sp³-hybridized carbons (Fsp3) is 0.241. The number of allylic oxidation sites excluding steroid dienone is 7. The zero-order valence-electron chi connectivity index (χ0n) is 20.0. The number of benzene rings is 2. The average molecular weight is 475 g/mol. The van der Waals surface area contributed by atoms with Gasteiger partial charge in [0.1, 0.15) is 12.0 Å².